The van der Waals surface area contributed by atoms with Gasteiger partial charge in [-0.3, -0.25) is 9.59 Å². The van der Waals surface area contributed by atoms with Gasteiger partial charge in [-0.05, 0) is 43.5 Å². The second-order valence-electron chi connectivity index (χ2n) is 7.08. The fourth-order valence-corrected chi connectivity index (χ4v) is 3.78. The maximum absolute atomic E-state index is 12.5. The zero-order chi connectivity index (χ0) is 20.1. The van der Waals surface area contributed by atoms with E-state index in [2.05, 4.69) is 0 Å². The highest BCUT2D eigenvalue weighted by Gasteiger charge is 2.31. The minimum Gasteiger partial charge on any atom is -0.491 e. The molecule has 2 fully saturated rings. The van der Waals surface area contributed by atoms with E-state index in [-0.39, 0.29) is 17.7 Å². The third-order valence-corrected chi connectivity index (χ3v) is 5.59. The molecule has 1 aromatic rings. The van der Waals surface area contributed by atoms with E-state index in [0.717, 1.165) is 24.8 Å². The summed E-state index contributed by atoms with van der Waals surface area (Å²) in [6.45, 7) is 4.72. The molecular weight excluding hydrogens is 380 g/mol. The highest BCUT2D eigenvalue weighted by Crippen LogP contribution is 2.36. The molecule has 0 unspecified atom stereocenters. The zero-order valence-corrected chi connectivity index (χ0v) is 17.2. The molecule has 1 saturated carbocycles. The van der Waals surface area contributed by atoms with Gasteiger partial charge in [-0.1, -0.05) is 18.0 Å². The molecule has 28 heavy (non-hydrogen) atoms. The van der Waals surface area contributed by atoms with Crippen molar-refractivity contribution in [2.75, 3.05) is 39.9 Å². The van der Waals surface area contributed by atoms with Gasteiger partial charge < -0.3 is 19.3 Å². The summed E-state index contributed by atoms with van der Waals surface area (Å²) in [7, 11) is 1.54. The van der Waals surface area contributed by atoms with E-state index < -0.39 is 0 Å². The number of nitrogens with zero attached hydrogens (tertiary/aromatic N) is 2. The minimum absolute atomic E-state index is 0.0688. The number of hydrogen-bond donors (Lipinski definition) is 0. The first-order valence-electron chi connectivity index (χ1n) is 9.79. The van der Waals surface area contributed by atoms with Crippen LogP contribution in [0.3, 0.4) is 0 Å². The quantitative estimate of drug-likeness (QED) is 0.680. The zero-order valence-electron chi connectivity index (χ0n) is 16.4. The molecule has 0 atom stereocenters. The van der Waals surface area contributed by atoms with Gasteiger partial charge in [0.15, 0.2) is 11.5 Å². The molecule has 152 valence electrons. The van der Waals surface area contributed by atoms with E-state index >= 15 is 0 Å². The van der Waals surface area contributed by atoms with Gasteiger partial charge >= 0.3 is 0 Å². The summed E-state index contributed by atoms with van der Waals surface area (Å²) in [4.78, 5) is 28.5. The fraction of sp³-hybridized carbons (Fsp3) is 0.524. The maximum atomic E-state index is 12.5. The van der Waals surface area contributed by atoms with Gasteiger partial charge in [0.2, 0.25) is 11.8 Å². The Bertz CT molecular complexity index is 753. The number of amides is 2. The van der Waals surface area contributed by atoms with Gasteiger partial charge in [-0.15, -0.1) is 0 Å². The van der Waals surface area contributed by atoms with Gasteiger partial charge in [-0.25, -0.2) is 0 Å². The predicted molar refractivity (Wildman–Crippen MR) is 109 cm³/mol. The summed E-state index contributed by atoms with van der Waals surface area (Å²) in [5.41, 5.74) is 0.765. The normalized spacial score (nSPS) is 17.5. The van der Waals surface area contributed by atoms with Gasteiger partial charge in [0, 0.05) is 38.2 Å². The van der Waals surface area contributed by atoms with E-state index in [1.165, 1.54) is 13.2 Å². The van der Waals surface area contributed by atoms with Gasteiger partial charge in [0.05, 0.1) is 18.7 Å². The van der Waals surface area contributed by atoms with Gasteiger partial charge in [0.25, 0.3) is 0 Å². The topological polar surface area (TPSA) is 59.1 Å². The number of carbonyl (C=O) groups is 2. The average molecular weight is 407 g/mol. The number of carbonyl (C=O) groups excluding carboxylic acids is 2. The lowest BCUT2D eigenvalue weighted by molar-refractivity contribution is -0.142. The van der Waals surface area contributed by atoms with Crippen LogP contribution in [0.15, 0.2) is 18.2 Å². The molecule has 1 aliphatic heterocycles. The monoisotopic (exact) mass is 406 g/mol. The molecule has 0 bridgehead atoms. The standard InChI is InChI=1S/C21H27ClN2O4/c1-3-28-18-14-15(13-17(22)20(18)27-2)7-8-19(25)23-9-11-24(12-10-23)21(26)16-5-4-6-16/h7-8,13-14,16H,3-6,9-12H2,1-2H3/b8-7+. The molecule has 1 saturated heterocycles. The first-order chi connectivity index (χ1) is 13.5. The summed E-state index contributed by atoms with van der Waals surface area (Å²) in [5, 5.41) is 0.434. The summed E-state index contributed by atoms with van der Waals surface area (Å²) >= 11 is 6.25. The van der Waals surface area contributed by atoms with Crippen LogP contribution >= 0.6 is 11.6 Å². The molecule has 1 aliphatic carbocycles. The number of halogens is 1. The van der Waals surface area contributed by atoms with E-state index in [1.54, 1.807) is 23.1 Å². The van der Waals surface area contributed by atoms with E-state index in [4.69, 9.17) is 21.1 Å². The first-order valence-corrected chi connectivity index (χ1v) is 10.2. The second kappa shape index (κ2) is 9.32. The third-order valence-electron chi connectivity index (χ3n) is 5.31. The Hall–Kier alpha value is -2.21. The second-order valence-corrected chi connectivity index (χ2v) is 7.49. The van der Waals surface area contributed by atoms with Crippen LogP contribution in [0.2, 0.25) is 5.02 Å². The molecule has 0 aromatic heterocycles. The number of ether oxygens (including phenoxy) is 2. The Kier molecular flexibility index (Phi) is 6.83. The molecule has 2 aliphatic rings. The van der Waals surface area contributed by atoms with E-state index in [1.807, 2.05) is 11.8 Å². The van der Waals surface area contributed by atoms with Crippen LogP contribution in [0, 0.1) is 5.92 Å². The minimum atomic E-state index is -0.0688. The number of rotatable bonds is 6. The van der Waals surface area contributed by atoms with Crippen molar-refractivity contribution in [1.82, 2.24) is 9.80 Å². The van der Waals surface area contributed by atoms with Crippen LogP contribution in [-0.4, -0.2) is 61.5 Å². The summed E-state index contributed by atoms with van der Waals surface area (Å²) in [6.07, 6.45) is 6.43. The summed E-state index contributed by atoms with van der Waals surface area (Å²) < 4.78 is 10.8. The highest BCUT2D eigenvalue weighted by atomic mass is 35.5. The van der Waals surface area contributed by atoms with E-state index in [9.17, 15) is 9.59 Å². The molecule has 0 radical (unpaired) electrons. The van der Waals surface area contributed by atoms with Crippen LogP contribution in [-0.2, 0) is 9.59 Å². The van der Waals surface area contributed by atoms with Crippen LogP contribution in [0.4, 0.5) is 0 Å². The number of methoxy groups -OCH3 is 1. The molecular formula is C21H27ClN2O4. The Labute approximate surface area is 171 Å². The largest absolute Gasteiger partial charge is 0.491 e. The first kappa shape index (κ1) is 20.5. The smallest absolute Gasteiger partial charge is 0.246 e. The fourth-order valence-electron chi connectivity index (χ4n) is 3.48. The Morgan fingerprint density at radius 2 is 1.86 bits per heavy atom. The van der Waals surface area contributed by atoms with E-state index in [0.29, 0.717) is 49.3 Å². The third kappa shape index (κ3) is 4.61. The lowest BCUT2D eigenvalue weighted by Crippen LogP contribution is -2.52. The molecule has 6 nitrogen and oxygen atoms in total. The lowest BCUT2D eigenvalue weighted by atomic mass is 9.84. The molecule has 7 heteroatoms. The van der Waals surface area contributed by atoms with Crippen molar-refractivity contribution in [3.8, 4) is 11.5 Å². The maximum Gasteiger partial charge on any atom is 0.246 e. The Morgan fingerprint density at radius 3 is 2.43 bits per heavy atom. The lowest BCUT2D eigenvalue weighted by Gasteiger charge is -2.37. The number of benzene rings is 1. The van der Waals surface area contributed by atoms with Crippen molar-refractivity contribution in [3.05, 3.63) is 28.8 Å². The SMILES string of the molecule is CCOc1cc(/C=C/C(=O)N2CCN(C(=O)C3CCC3)CC2)cc(Cl)c1OC. The van der Waals surface area contributed by atoms with Crippen LogP contribution in [0.1, 0.15) is 31.7 Å². The van der Waals surface area contributed by atoms with Crippen molar-refractivity contribution in [2.24, 2.45) is 5.92 Å². The van der Waals surface area contributed by atoms with Crippen molar-refractivity contribution in [1.29, 1.82) is 0 Å². The van der Waals surface area contributed by atoms with Crippen LogP contribution in [0.5, 0.6) is 11.5 Å². The van der Waals surface area contributed by atoms with Crippen molar-refractivity contribution < 1.29 is 19.1 Å². The van der Waals surface area contributed by atoms with Crippen LogP contribution < -0.4 is 9.47 Å². The Morgan fingerprint density at radius 1 is 1.18 bits per heavy atom. The highest BCUT2D eigenvalue weighted by molar-refractivity contribution is 6.32. The van der Waals surface area contributed by atoms with Crippen LogP contribution in [0.25, 0.3) is 6.08 Å². The molecule has 0 N–H and O–H groups in total. The molecule has 2 amide bonds. The molecule has 1 heterocycles. The summed E-state index contributed by atoms with van der Waals surface area (Å²) in [6, 6.07) is 3.54. The molecule has 3 rings (SSSR count). The molecule has 1 aromatic carbocycles. The van der Waals surface area contributed by atoms with Crippen molar-refractivity contribution in [3.63, 3.8) is 0 Å². The number of piperazine rings is 1. The van der Waals surface area contributed by atoms with Gasteiger partial charge in [-0.2, -0.15) is 0 Å². The van der Waals surface area contributed by atoms with Gasteiger partial charge in [0.1, 0.15) is 0 Å². The number of hydrogen-bond acceptors (Lipinski definition) is 4. The van der Waals surface area contributed by atoms with Crippen molar-refractivity contribution >= 4 is 29.5 Å². The summed E-state index contributed by atoms with van der Waals surface area (Å²) in [5.74, 6) is 1.43. The Balaban J connectivity index is 1.59. The van der Waals surface area contributed by atoms with Crippen molar-refractivity contribution in [2.45, 2.75) is 26.2 Å². The molecule has 0 spiro atoms. The predicted octanol–water partition coefficient (Wildman–Crippen LogP) is 3.23. The average Bonchev–Trinajstić information content (AvgIpc) is 2.65.